The molecule has 7 heteroatoms. The zero-order valence-electron chi connectivity index (χ0n) is 10.4. The van der Waals surface area contributed by atoms with E-state index in [2.05, 4.69) is 5.16 Å². The SMILES string of the molecule is COc1ccc(C)cc1-c1cc(CS(=O)(=O)Cl)no1. The second-order valence-corrected chi connectivity index (χ2v) is 6.85. The van der Waals surface area contributed by atoms with Crippen molar-refractivity contribution in [1.29, 1.82) is 0 Å². The van der Waals surface area contributed by atoms with Crippen LogP contribution in [0.15, 0.2) is 28.8 Å². The Bertz CT molecular complexity index is 694. The van der Waals surface area contributed by atoms with Gasteiger partial charge in [-0.25, -0.2) is 8.42 Å². The Labute approximate surface area is 115 Å². The van der Waals surface area contributed by atoms with Crippen molar-refractivity contribution in [2.75, 3.05) is 7.11 Å². The molecule has 0 radical (unpaired) electrons. The Balaban J connectivity index is 2.40. The molecule has 19 heavy (non-hydrogen) atoms. The summed E-state index contributed by atoms with van der Waals surface area (Å²) in [5.74, 6) is 0.699. The summed E-state index contributed by atoms with van der Waals surface area (Å²) in [6.07, 6.45) is 0. The van der Waals surface area contributed by atoms with Gasteiger partial charge in [-0.3, -0.25) is 0 Å². The Hall–Kier alpha value is -1.53. The lowest BCUT2D eigenvalue weighted by molar-refractivity contribution is 0.404. The van der Waals surface area contributed by atoms with Crippen LogP contribution in [0.25, 0.3) is 11.3 Å². The molecular formula is C12H12ClNO4S. The van der Waals surface area contributed by atoms with Gasteiger partial charge in [0.15, 0.2) is 5.76 Å². The van der Waals surface area contributed by atoms with E-state index in [0.29, 0.717) is 17.1 Å². The van der Waals surface area contributed by atoms with Gasteiger partial charge in [0, 0.05) is 16.7 Å². The van der Waals surface area contributed by atoms with E-state index in [1.54, 1.807) is 7.11 Å². The summed E-state index contributed by atoms with van der Waals surface area (Å²) in [6.45, 7) is 1.93. The molecule has 5 nitrogen and oxygen atoms in total. The lowest BCUT2D eigenvalue weighted by atomic mass is 10.1. The van der Waals surface area contributed by atoms with E-state index in [1.165, 1.54) is 6.07 Å². The molecule has 1 aromatic carbocycles. The largest absolute Gasteiger partial charge is 0.496 e. The third kappa shape index (κ3) is 3.48. The van der Waals surface area contributed by atoms with Crippen LogP contribution in [0.1, 0.15) is 11.3 Å². The smallest absolute Gasteiger partial charge is 0.238 e. The van der Waals surface area contributed by atoms with Crippen molar-refractivity contribution in [2.24, 2.45) is 0 Å². The molecule has 0 atom stereocenters. The number of hydrogen-bond acceptors (Lipinski definition) is 5. The molecule has 2 aromatic rings. The highest BCUT2D eigenvalue weighted by molar-refractivity contribution is 8.13. The van der Waals surface area contributed by atoms with Crippen LogP contribution >= 0.6 is 10.7 Å². The fourth-order valence-corrected chi connectivity index (χ4v) is 2.52. The Morgan fingerprint density at radius 2 is 2.11 bits per heavy atom. The molecule has 102 valence electrons. The van der Waals surface area contributed by atoms with Crippen LogP contribution in [-0.4, -0.2) is 20.7 Å². The average Bonchev–Trinajstić information content (AvgIpc) is 2.75. The van der Waals surface area contributed by atoms with Gasteiger partial charge in [0.1, 0.15) is 17.2 Å². The second kappa shape index (κ2) is 5.22. The molecule has 0 saturated carbocycles. The molecule has 0 aliphatic carbocycles. The lowest BCUT2D eigenvalue weighted by Gasteiger charge is -2.05. The number of aryl methyl sites for hydroxylation is 1. The van der Waals surface area contributed by atoms with Gasteiger partial charge in [-0.2, -0.15) is 0 Å². The quantitative estimate of drug-likeness (QED) is 0.812. The first-order valence-electron chi connectivity index (χ1n) is 5.42. The molecule has 0 saturated heterocycles. The molecule has 1 aromatic heterocycles. The molecule has 0 spiro atoms. The molecule has 0 unspecified atom stereocenters. The maximum atomic E-state index is 11.0. The number of hydrogen-bond donors (Lipinski definition) is 0. The van der Waals surface area contributed by atoms with E-state index in [4.69, 9.17) is 19.9 Å². The molecule has 0 bridgehead atoms. The summed E-state index contributed by atoms with van der Waals surface area (Å²) in [7, 11) is 3.07. The number of benzene rings is 1. The van der Waals surface area contributed by atoms with Gasteiger partial charge in [0.2, 0.25) is 9.05 Å². The lowest BCUT2D eigenvalue weighted by Crippen LogP contribution is -1.94. The third-order valence-electron chi connectivity index (χ3n) is 2.50. The van der Waals surface area contributed by atoms with Gasteiger partial charge in [0.05, 0.1) is 12.7 Å². The molecule has 0 aliphatic rings. The zero-order valence-corrected chi connectivity index (χ0v) is 12.0. The van der Waals surface area contributed by atoms with Crippen molar-refractivity contribution in [3.05, 3.63) is 35.5 Å². The highest BCUT2D eigenvalue weighted by Crippen LogP contribution is 2.31. The number of nitrogens with zero attached hydrogens (tertiary/aromatic N) is 1. The van der Waals surface area contributed by atoms with Crippen molar-refractivity contribution in [2.45, 2.75) is 12.7 Å². The van der Waals surface area contributed by atoms with Gasteiger partial charge < -0.3 is 9.26 Å². The molecule has 0 N–H and O–H groups in total. The molecule has 0 fully saturated rings. The summed E-state index contributed by atoms with van der Waals surface area (Å²) in [5, 5.41) is 3.69. The van der Waals surface area contributed by atoms with Crippen LogP contribution < -0.4 is 4.74 Å². The van der Waals surface area contributed by atoms with E-state index in [0.717, 1.165) is 5.56 Å². The standard InChI is InChI=1S/C12H12ClNO4S/c1-8-3-4-11(17-2)10(5-8)12-6-9(14-18-12)7-19(13,15)16/h3-6H,7H2,1-2H3. The Morgan fingerprint density at radius 3 is 2.74 bits per heavy atom. The normalized spacial score (nSPS) is 11.5. The van der Waals surface area contributed by atoms with E-state index >= 15 is 0 Å². The van der Waals surface area contributed by atoms with E-state index < -0.39 is 9.05 Å². The van der Waals surface area contributed by atoms with Gasteiger partial charge in [-0.05, 0) is 19.1 Å². The number of methoxy groups -OCH3 is 1. The van der Waals surface area contributed by atoms with E-state index in [-0.39, 0.29) is 11.4 Å². The number of halogens is 1. The van der Waals surface area contributed by atoms with E-state index in [1.807, 2.05) is 25.1 Å². The van der Waals surface area contributed by atoms with Crippen molar-refractivity contribution < 1.29 is 17.7 Å². The maximum absolute atomic E-state index is 11.0. The highest BCUT2D eigenvalue weighted by atomic mass is 35.7. The van der Waals surface area contributed by atoms with Crippen LogP contribution in [0.5, 0.6) is 5.75 Å². The number of ether oxygens (including phenoxy) is 1. The maximum Gasteiger partial charge on any atom is 0.238 e. The molecule has 0 aliphatic heterocycles. The molecule has 2 rings (SSSR count). The highest BCUT2D eigenvalue weighted by Gasteiger charge is 2.15. The fraction of sp³-hybridized carbons (Fsp3) is 0.250. The second-order valence-electron chi connectivity index (χ2n) is 4.07. The molecule has 0 amide bonds. The van der Waals surface area contributed by atoms with Crippen LogP contribution in [0.4, 0.5) is 0 Å². The predicted molar refractivity (Wildman–Crippen MR) is 71.7 cm³/mol. The fourth-order valence-electron chi connectivity index (χ4n) is 1.70. The zero-order chi connectivity index (χ0) is 14.0. The summed E-state index contributed by atoms with van der Waals surface area (Å²) in [4.78, 5) is 0. The number of rotatable bonds is 4. The van der Waals surface area contributed by atoms with Crippen molar-refractivity contribution in [3.8, 4) is 17.1 Å². The molecule has 1 heterocycles. The Kier molecular flexibility index (Phi) is 3.82. The summed E-state index contributed by atoms with van der Waals surface area (Å²) in [6, 6.07) is 7.13. The van der Waals surface area contributed by atoms with Crippen molar-refractivity contribution in [3.63, 3.8) is 0 Å². The van der Waals surface area contributed by atoms with Gasteiger partial charge >= 0.3 is 0 Å². The van der Waals surface area contributed by atoms with Crippen LogP contribution in [-0.2, 0) is 14.8 Å². The molecular weight excluding hydrogens is 290 g/mol. The predicted octanol–water partition coefficient (Wildman–Crippen LogP) is 2.73. The van der Waals surface area contributed by atoms with Crippen molar-refractivity contribution >= 4 is 19.7 Å². The topological polar surface area (TPSA) is 69.4 Å². The number of aromatic nitrogens is 1. The minimum Gasteiger partial charge on any atom is -0.496 e. The third-order valence-corrected chi connectivity index (χ3v) is 3.47. The van der Waals surface area contributed by atoms with Gasteiger partial charge in [-0.1, -0.05) is 16.8 Å². The Morgan fingerprint density at radius 1 is 1.37 bits per heavy atom. The van der Waals surface area contributed by atoms with Crippen molar-refractivity contribution in [1.82, 2.24) is 5.16 Å². The summed E-state index contributed by atoms with van der Waals surface area (Å²) >= 11 is 0. The van der Waals surface area contributed by atoms with Crippen LogP contribution in [0.2, 0.25) is 0 Å². The first kappa shape index (κ1) is 13.9. The minimum atomic E-state index is -3.65. The van der Waals surface area contributed by atoms with Crippen LogP contribution in [0.3, 0.4) is 0 Å². The van der Waals surface area contributed by atoms with Crippen LogP contribution in [0, 0.1) is 6.92 Å². The van der Waals surface area contributed by atoms with E-state index in [9.17, 15) is 8.42 Å². The van der Waals surface area contributed by atoms with Gasteiger partial charge in [-0.15, -0.1) is 0 Å². The van der Waals surface area contributed by atoms with Gasteiger partial charge in [0.25, 0.3) is 0 Å². The summed E-state index contributed by atoms with van der Waals surface area (Å²) < 4.78 is 32.3. The minimum absolute atomic E-state index is 0.258. The summed E-state index contributed by atoms with van der Waals surface area (Å²) in [5.41, 5.74) is 2.00. The monoisotopic (exact) mass is 301 g/mol. The average molecular weight is 302 g/mol. The first-order valence-corrected chi connectivity index (χ1v) is 7.90. The first-order chi connectivity index (χ1) is 8.89.